The molecule has 106 valence electrons. The third-order valence-corrected chi connectivity index (χ3v) is 3.11. The molecule has 8 heteroatoms. The van der Waals surface area contributed by atoms with Gasteiger partial charge in [-0.2, -0.15) is 16.9 Å². The second kappa shape index (κ2) is 7.03. The van der Waals surface area contributed by atoms with Gasteiger partial charge in [0.05, 0.1) is 5.69 Å². The van der Waals surface area contributed by atoms with E-state index in [-0.39, 0.29) is 6.54 Å². The molecule has 1 rings (SSSR count). The maximum Gasteiger partial charge on any atom is 0.326 e. The molecule has 0 aromatic carbocycles. The van der Waals surface area contributed by atoms with Crippen molar-refractivity contribution in [1.29, 1.82) is 0 Å². The number of nitrogen functional groups attached to an aromatic ring is 1. The van der Waals surface area contributed by atoms with Crippen molar-refractivity contribution in [3.63, 3.8) is 0 Å². The Morgan fingerprint density at radius 3 is 2.79 bits per heavy atom. The van der Waals surface area contributed by atoms with Crippen LogP contribution in [0, 0.1) is 6.92 Å². The van der Waals surface area contributed by atoms with E-state index in [1.165, 1.54) is 16.4 Å². The number of hydrogen-bond donors (Lipinski definition) is 3. The molecule has 0 aliphatic carbocycles. The predicted molar refractivity (Wildman–Crippen MR) is 73.9 cm³/mol. The number of carbonyl (C=O) groups is 2. The molecule has 0 fully saturated rings. The molecule has 0 saturated carbocycles. The van der Waals surface area contributed by atoms with Crippen LogP contribution >= 0.6 is 11.8 Å². The fourth-order valence-electron chi connectivity index (χ4n) is 1.56. The van der Waals surface area contributed by atoms with Crippen molar-refractivity contribution in [2.45, 2.75) is 25.9 Å². The largest absolute Gasteiger partial charge is 0.480 e. The number of aryl methyl sites for hydroxylation is 1. The topological polar surface area (TPSA) is 110 Å². The van der Waals surface area contributed by atoms with Crippen molar-refractivity contribution in [1.82, 2.24) is 15.1 Å². The lowest BCUT2D eigenvalue weighted by Gasteiger charge is -2.14. The van der Waals surface area contributed by atoms with Crippen molar-refractivity contribution < 1.29 is 14.7 Å². The van der Waals surface area contributed by atoms with Crippen molar-refractivity contribution in [2.24, 2.45) is 0 Å². The second-order valence-electron chi connectivity index (χ2n) is 4.11. The summed E-state index contributed by atoms with van der Waals surface area (Å²) >= 11 is 1.53. The minimum Gasteiger partial charge on any atom is -0.480 e. The van der Waals surface area contributed by atoms with E-state index in [0.717, 1.165) is 0 Å². The molecule has 0 unspecified atom stereocenters. The van der Waals surface area contributed by atoms with Gasteiger partial charge in [-0.3, -0.25) is 4.79 Å². The van der Waals surface area contributed by atoms with Crippen molar-refractivity contribution in [3.05, 3.63) is 11.8 Å². The second-order valence-corrected chi connectivity index (χ2v) is 5.09. The highest BCUT2D eigenvalue weighted by Crippen LogP contribution is 2.05. The summed E-state index contributed by atoms with van der Waals surface area (Å²) in [5.74, 6) is -0.403. The van der Waals surface area contributed by atoms with E-state index < -0.39 is 17.9 Å². The lowest BCUT2D eigenvalue weighted by atomic mass is 10.2. The molecule has 0 spiro atoms. The Morgan fingerprint density at radius 1 is 1.63 bits per heavy atom. The van der Waals surface area contributed by atoms with Crippen LogP contribution in [0.1, 0.15) is 12.1 Å². The molecule has 1 amide bonds. The van der Waals surface area contributed by atoms with E-state index in [2.05, 4.69) is 10.4 Å². The van der Waals surface area contributed by atoms with Crippen LogP contribution in [-0.4, -0.2) is 44.8 Å². The SMILES string of the molecule is CSCC[C@H](NC(=O)Cn1nc(C)cc1N)C(=O)O. The van der Waals surface area contributed by atoms with Crippen LogP contribution in [0.25, 0.3) is 0 Å². The van der Waals surface area contributed by atoms with Gasteiger partial charge in [0.25, 0.3) is 0 Å². The Balaban J connectivity index is 2.57. The molecule has 1 atom stereocenters. The zero-order chi connectivity index (χ0) is 14.4. The molecule has 1 aromatic rings. The third-order valence-electron chi connectivity index (χ3n) is 2.47. The minimum absolute atomic E-state index is 0.0806. The number of aliphatic carboxylic acids is 1. The van der Waals surface area contributed by atoms with E-state index in [4.69, 9.17) is 10.8 Å². The highest BCUT2D eigenvalue weighted by Gasteiger charge is 2.19. The summed E-state index contributed by atoms with van der Waals surface area (Å²) in [6, 6.07) is 0.771. The van der Waals surface area contributed by atoms with Crippen LogP contribution in [0.3, 0.4) is 0 Å². The van der Waals surface area contributed by atoms with Gasteiger partial charge in [-0.1, -0.05) is 0 Å². The smallest absolute Gasteiger partial charge is 0.326 e. The summed E-state index contributed by atoms with van der Waals surface area (Å²) in [6.07, 6.45) is 2.27. The number of nitrogens with two attached hydrogens (primary N) is 1. The maximum absolute atomic E-state index is 11.8. The predicted octanol–water partition coefficient (Wildman–Crippen LogP) is 0.0962. The monoisotopic (exact) mass is 286 g/mol. The van der Waals surface area contributed by atoms with Crippen LogP contribution in [0.5, 0.6) is 0 Å². The van der Waals surface area contributed by atoms with Crippen LogP contribution in [0.2, 0.25) is 0 Å². The Bertz CT molecular complexity index is 461. The number of nitrogens with zero attached hydrogens (tertiary/aromatic N) is 2. The lowest BCUT2D eigenvalue weighted by molar-refractivity contribution is -0.142. The third kappa shape index (κ3) is 4.82. The molecule has 7 nitrogen and oxygen atoms in total. The summed E-state index contributed by atoms with van der Waals surface area (Å²) in [4.78, 5) is 22.7. The molecule has 0 radical (unpaired) electrons. The zero-order valence-electron chi connectivity index (χ0n) is 10.9. The number of amides is 1. The number of anilines is 1. The summed E-state index contributed by atoms with van der Waals surface area (Å²) in [7, 11) is 0. The lowest BCUT2D eigenvalue weighted by Crippen LogP contribution is -2.42. The Morgan fingerprint density at radius 2 is 2.32 bits per heavy atom. The van der Waals surface area contributed by atoms with Crippen molar-refractivity contribution in [2.75, 3.05) is 17.7 Å². The number of aromatic nitrogens is 2. The summed E-state index contributed by atoms with van der Waals surface area (Å²) < 4.78 is 1.35. The van der Waals surface area contributed by atoms with Crippen LogP contribution in [-0.2, 0) is 16.1 Å². The molecular weight excluding hydrogens is 268 g/mol. The minimum atomic E-state index is -1.04. The Kier molecular flexibility index (Phi) is 5.68. The maximum atomic E-state index is 11.8. The number of nitrogens with one attached hydrogen (secondary N) is 1. The van der Waals surface area contributed by atoms with Gasteiger partial charge >= 0.3 is 5.97 Å². The van der Waals surface area contributed by atoms with E-state index in [1.807, 2.05) is 6.26 Å². The van der Waals surface area contributed by atoms with E-state index in [9.17, 15) is 9.59 Å². The van der Waals surface area contributed by atoms with Crippen LogP contribution < -0.4 is 11.1 Å². The van der Waals surface area contributed by atoms with Gasteiger partial charge in [-0.15, -0.1) is 0 Å². The summed E-state index contributed by atoms with van der Waals surface area (Å²) in [6.45, 7) is 1.69. The first kappa shape index (κ1) is 15.4. The first-order valence-corrected chi connectivity index (χ1v) is 7.14. The van der Waals surface area contributed by atoms with Gasteiger partial charge < -0.3 is 16.2 Å². The molecule has 0 saturated heterocycles. The molecule has 1 aromatic heterocycles. The van der Waals surface area contributed by atoms with Gasteiger partial charge in [0.2, 0.25) is 5.91 Å². The highest BCUT2D eigenvalue weighted by molar-refractivity contribution is 7.98. The van der Waals surface area contributed by atoms with Gasteiger partial charge in [0, 0.05) is 6.07 Å². The van der Waals surface area contributed by atoms with Gasteiger partial charge in [-0.25, -0.2) is 9.48 Å². The molecule has 0 aliphatic heterocycles. The first-order chi connectivity index (χ1) is 8.93. The Hall–Kier alpha value is -1.70. The first-order valence-electron chi connectivity index (χ1n) is 5.75. The number of carboxylic acids is 1. The number of hydrogen-bond acceptors (Lipinski definition) is 5. The zero-order valence-corrected chi connectivity index (χ0v) is 11.7. The molecular formula is C11H18N4O3S. The molecule has 0 aliphatic rings. The Labute approximate surface area is 115 Å². The number of thioether (sulfide) groups is 1. The van der Waals surface area contributed by atoms with Gasteiger partial charge in [0.1, 0.15) is 18.4 Å². The van der Waals surface area contributed by atoms with Crippen LogP contribution in [0.4, 0.5) is 5.82 Å². The van der Waals surface area contributed by atoms with E-state index in [0.29, 0.717) is 23.7 Å². The van der Waals surface area contributed by atoms with Gasteiger partial charge in [0.15, 0.2) is 0 Å². The van der Waals surface area contributed by atoms with Gasteiger partial charge in [-0.05, 0) is 25.4 Å². The number of carboxylic acid groups (broad SMARTS) is 1. The molecule has 1 heterocycles. The number of rotatable bonds is 7. The molecule has 19 heavy (non-hydrogen) atoms. The van der Waals surface area contributed by atoms with E-state index in [1.54, 1.807) is 13.0 Å². The summed E-state index contributed by atoms with van der Waals surface area (Å²) in [5, 5.41) is 15.5. The van der Waals surface area contributed by atoms with E-state index >= 15 is 0 Å². The molecule has 4 N–H and O–H groups in total. The fourth-order valence-corrected chi connectivity index (χ4v) is 2.03. The van der Waals surface area contributed by atoms with Crippen LogP contribution in [0.15, 0.2) is 6.07 Å². The highest BCUT2D eigenvalue weighted by atomic mass is 32.2. The summed E-state index contributed by atoms with van der Waals surface area (Å²) in [5.41, 5.74) is 6.37. The average molecular weight is 286 g/mol. The molecule has 0 bridgehead atoms. The average Bonchev–Trinajstić information content (AvgIpc) is 2.62. The quantitative estimate of drug-likeness (QED) is 0.655. The fraction of sp³-hybridized carbons (Fsp3) is 0.545. The normalized spacial score (nSPS) is 12.1. The number of carbonyl (C=O) groups excluding carboxylic acids is 1. The van der Waals surface area contributed by atoms with Crippen molar-refractivity contribution in [3.8, 4) is 0 Å². The standard InChI is InChI=1S/C11H18N4O3S/c1-7-5-9(12)15(14-7)6-10(16)13-8(11(17)18)3-4-19-2/h5,8H,3-4,6,12H2,1-2H3,(H,13,16)(H,17,18)/t8-/m0/s1. The van der Waals surface area contributed by atoms with Crippen molar-refractivity contribution >= 4 is 29.5 Å².